The molecule has 3 rings (SSSR count). The molecule has 0 unspecified atom stereocenters. The molecule has 0 saturated heterocycles. The van der Waals surface area contributed by atoms with Crippen molar-refractivity contribution in [3.05, 3.63) is 89.4 Å². The summed E-state index contributed by atoms with van der Waals surface area (Å²) in [5, 5.41) is 2.75. The Morgan fingerprint density at radius 1 is 0.966 bits per heavy atom. The molecule has 0 bridgehead atoms. The summed E-state index contributed by atoms with van der Waals surface area (Å²) >= 11 is 0. The standard InChI is InChI=1S/C23H19NO5/c1-28-19-14-18(25)23(29-2)21(22(19)27)16-8-6-7-15(13-16)11-12-20(26)24-17-9-4-3-5-10-17/h3-14H,1-2H3,(H,24,26)/b12-11+. The predicted octanol–water partition coefficient (Wildman–Crippen LogP) is 3.38. The Bertz CT molecular complexity index is 1050. The van der Waals surface area contributed by atoms with Crippen molar-refractivity contribution < 1.29 is 23.9 Å². The van der Waals surface area contributed by atoms with Gasteiger partial charge in [-0.3, -0.25) is 14.4 Å². The zero-order valence-electron chi connectivity index (χ0n) is 16.0. The van der Waals surface area contributed by atoms with Gasteiger partial charge in [0.1, 0.15) is 0 Å². The van der Waals surface area contributed by atoms with Crippen LogP contribution in [0.2, 0.25) is 0 Å². The number of anilines is 1. The number of hydrogen-bond acceptors (Lipinski definition) is 5. The average Bonchev–Trinajstić information content (AvgIpc) is 2.74. The Morgan fingerprint density at radius 3 is 2.41 bits per heavy atom. The van der Waals surface area contributed by atoms with Gasteiger partial charge in [-0.2, -0.15) is 0 Å². The van der Waals surface area contributed by atoms with Gasteiger partial charge in [0.05, 0.1) is 19.8 Å². The zero-order valence-corrected chi connectivity index (χ0v) is 16.0. The summed E-state index contributed by atoms with van der Waals surface area (Å²) in [5.74, 6) is -1.26. The summed E-state index contributed by atoms with van der Waals surface area (Å²) in [7, 11) is 2.67. The Labute approximate surface area is 168 Å². The number of carbonyl (C=O) groups excluding carboxylic acids is 3. The highest BCUT2D eigenvalue weighted by atomic mass is 16.5. The molecule has 1 N–H and O–H groups in total. The number of ether oxygens (including phenoxy) is 2. The zero-order chi connectivity index (χ0) is 20.8. The smallest absolute Gasteiger partial charge is 0.248 e. The van der Waals surface area contributed by atoms with Crippen LogP contribution in [0.15, 0.2) is 78.3 Å². The maximum absolute atomic E-state index is 12.7. The van der Waals surface area contributed by atoms with Crippen molar-refractivity contribution in [2.24, 2.45) is 0 Å². The molecule has 2 aromatic carbocycles. The van der Waals surface area contributed by atoms with Crippen LogP contribution in [0.1, 0.15) is 11.1 Å². The second-order valence-corrected chi connectivity index (χ2v) is 6.13. The summed E-state index contributed by atoms with van der Waals surface area (Å²) in [5.41, 5.74) is 1.99. The van der Waals surface area contributed by atoms with Gasteiger partial charge in [0.2, 0.25) is 17.5 Å². The van der Waals surface area contributed by atoms with Gasteiger partial charge in [-0.05, 0) is 35.4 Å². The maximum atomic E-state index is 12.7. The fraction of sp³-hybridized carbons (Fsp3) is 0.0870. The van der Waals surface area contributed by atoms with Crippen LogP contribution >= 0.6 is 0 Å². The van der Waals surface area contributed by atoms with Crippen LogP contribution < -0.4 is 5.32 Å². The molecule has 0 heterocycles. The van der Waals surface area contributed by atoms with Gasteiger partial charge in [0, 0.05) is 17.8 Å². The highest BCUT2D eigenvalue weighted by molar-refractivity contribution is 6.36. The van der Waals surface area contributed by atoms with Crippen LogP contribution in [0.3, 0.4) is 0 Å². The lowest BCUT2D eigenvalue weighted by Gasteiger charge is -2.17. The molecule has 1 aliphatic rings. The molecule has 0 aromatic heterocycles. The SMILES string of the molecule is COC1=CC(=O)C(OC)=C(c2cccc(/C=C/C(=O)Nc3ccccc3)c2)C1=O. The lowest BCUT2D eigenvalue weighted by Crippen LogP contribution is -2.20. The van der Waals surface area contributed by atoms with Gasteiger partial charge in [0.25, 0.3) is 0 Å². The Kier molecular flexibility index (Phi) is 6.04. The van der Waals surface area contributed by atoms with Crippen LogP contribution in [-0.2, 0) is 23.9 Å². The molecule has 0 spiro atoms. The van der Waals surface area contributed by atoms with Crippen LogP contribution in [0, 0.1) is 0 Å². The van der Waals surface area contributed by atoms with Crippen molar-refractivity contribution >= 4 is 34.8 Å². The van der Waals surface area contributed by atoms with E-state index in [0.717, 1.165) is 6.08 Å². The predicted molar refractivity (Wildman–Crippen MR) is 110 cm³/mol. The lowest BCUT2D eigenvalue weighted by atomic mass is 9.92. The number of hydrogen-bond donors (Lipinski definition) is 1. The van der Waals surface area contributed by atoms with Crippen molar-refractivity contribution in [3.8, 4) is 0 Å². The minimum Gasteiger partial charge on any atom is -0.492 e. The lowest BCUT2D eigenvalue weighted by molar-refractivity contribution is -0.118. The molecule has 0 atom stereocenters. The highest BCUT2D eigenvalue weighted by Crippen LogP contribution is 2.29. The van der Waals surface area contributed by atoms with E-state index in [-0.39, 0.29) is 23.0 Å². The van der Waals surface area contributed by atoms with Crippen molar-refractivity contribution in [1.29, 1.82) is 0 Å². The molecule has 1 aliphatic carbocycles. The molecule has 146 valence electrons. The first-order valence-electron chi connectivity index (χ1n) is 8.81. The van der Waals surface area contributed by atoms with Gasteiger partial charge in [-0.15, -0.1) is 0 Å². The number of ketones is 2. The molecule has 29 heavy (non-hydrogen) atoms. The quantitative estimate of drug-likeness (QED) is 0.605. The van der Waals surface area contributed by atoms with Gasteiger partial charge >= 0.3 is 0 Å². The Morgan fingerprint density at radius 2 is 1.72 bits per heavy atom. The van der Waals surface area contributed by atoms with Gasteiger partial charge < -0.3 is 14.8 Å². The van der Waals surface area contributed by atoms with E-state index in [1.165, 1.54) is 20.3 Å². The van der Waals surface area contributed by atoms with E-state index >= 15 is 0 Å². The molecular weight excluding hydrogens is 370 g/mol. The minimum atomic E-state index is -0.442. The number of carbonyl (C=O) groups is 3. The van der Waals surface area contributed by atoms with Crippen LogP contribution in [0.4, 0.5) is 5.69 Å². The summed E-state index contributed by atoms with van der Waals surface area (Å²) in [6, 6.07) is 16.0. The summed E-state index contributed by atoms with van der Waals surface area (Å²) in [4.78, 5) is 37.0. The number of rotatable bonds is 6. The van der Waals surface area contributed by atoms with E-state index in [2.05, 4.69) is 5.32 Å². The minimum absolute atomic E-state index is 0.0428. The molecule has 2 aromatic rings. The van der Waals surface area contributed by atoms with Crippen LogP contribution in [0.5, 0.6) is 0 Å². The number of para-hydroxylation sites is 1. The number of nitrogens with one attached hydrogen (secondary N) is 1. The fourth-order valence-electron chi connectivity index (χ4n) is 2.89. The molecule has 6 nitrogen and oxygen atoms in total. The number of methoxy groups -OCH3 is 2. The molecule has 0 fully saturated rings. The second kappa shape index (κ2) is 8.84. The van der Waals surface area contributed by atoms with Crippen molar-refractivity contribution in [1.82, 2.24) is 0 Å². The monoisotopic (exact) mass is 389 g/mol. The molecule has 0 aliphatic heterocycles. The number of allylic oxidation sites excluding steroid dienone is 2. The van der Waals surface area contributed by atoms with Crippen LogP contribution in [0.25, 0.3) is 11.6 Å². The van der Waals surface area contributed by atoms with Crippen LogP contribution in [-0.4, -0.2) is 31.7 Å². The van der Waals surface area contributed by atoms with Crippen molar-refractivity contribution in [2.45, 2.75) is 0 Å². The summed E-state index contributed by atoms with van der Waals surface area (Å²) in [6.45, 7) is 0. The van der Waals surface area contributed by atoms with E-state index in [9.17, 15) is 14.4 Å². The first-order valence-corrected chi connectivity index (χ1v) is 8.81. The molecule has 1 amide bonds. The fourth-order valence-corrected chi connectivity index (χ4v) is 2.89. The van der Waals surface area contributed by atoms with Gasteiger partial charge in [0.15, 0.2) is 11.5 Å². The van der Waals surface area contributed by atoms with Gasteiger partial charge in [-0.1, -0.05) is 36.4 Å². The molecular formula is C23H19NO5. The topological polar surface area (TPSA) is 81.7 Å². The third-order valence-corrected chi connectivity index (χ3v) is 4.23. The van der Waals surface area contributed by atoms with E-state index in [1.807, 2.05) is 18.2 Å². The number of amides is 1. The normalized spacial score (nSPS) is 14.1. The second-order valence-electron chi connectivity index (χ2n) is 6.13. The van der Waals surface area contributed by atoms with Crippen molar-refractivity contribution in [2.75, 3.05) is 19.5 Å². The summed E-state index contributed by atoms with van der Waals surface area (Å²) < 4.78 is 10.2. The third kappa shape index (κ3) is 4.50. The maximum Gasteiger partial charge on any atom is 0.248 e. The number of Topliss-reactive ketones (excluding diaryl/α,β-unsaturated/α-hetero) is 1. The van der Waals surface area contributed by atoms with E-state index in [1.54, 1.807) is 42.5 Å². The summed E-state index contributed by atoms with van der Waals surface area (Å²) in [6.07, 6.45) is 4.13. The molecule has 6 heteroatoms. The van der Waals surface area contributed by atoms with Gasteiger partial charge in [-0.25, -0.2) is 0 Å². The third-order valence-electron chi connectivity index (χ3n) is 4.23. The van der Waals surface area contributed by atoms with E-state index in [0.29, 0.717) is 16.8 Å². The molecule has 0 saturated carbocycles. The van der Waals surface area contributed by atoms with E-state index in [4.69, 9.17) is 9.47 Å². The highest BCUT2D eigenvalue weighted by Gasteiger charge is 2.31. The first kappa shape index (κ1) is 19.8. The largest absolute Gasteiger partial charge is 0.492 e. The Hall–Kier alpha value is -3.93. The molecule has 0 radical (unpaired) electrons. The van der Waals surface area contributed by atoms with Crippen molar-refractivity contribution in [3.63, 3.8) is 0 Å². The first-order chi connectivity index (χ1) is 14.0. The van der Waals surface area contributed by atoms with E-state index < -0.39 is 11.6 Å². The number of benzene rings is 2. The average molecular weight is 389 g/mol. The Balaban J connectivity index is 1.86.